The molecular weight excluding hydrogens is 552 g/mol. The molecule has 1 aromatic heterocycles. The van der Waals surface area contributed by atoms with Crippen molar-refractivity contribution >= 4 is 34.3 Å². The van der Waals surface area contributed by atoms with Gasteiger partial charge in [0.15, 0.2) is 0 Å². The van der Waals surface area contributed by atoms with Crippen LogP contribution in [0, 0.1) is 12.8 Å². The molecule has 9 heteroatoms. The van der Waals surface area contributed by atoms with Gasteiger partial charge in [-0.2, -0.15) is 5.10 Å². The maximum Gasteiger partial charge on any atom is 0.253 e. The highest BCUT2D eigenvalue weighted by molar-refractivity contribution is 6.30. The summed E-state index contributed by atoms with van der Waals surface area (Å²) in [5.41, 5.74) is 3.06. The van der Waals surface area contributed by atoms with E-state index in [1.165, 1.54) is 6.42 Å². The van der Waals surface area contributed by atoms with Gasteiger partial charge in [0.25, 0.3) is 11.8 Å². The molecule has 2 amide bonds. The first kappa shape index (κ1) is 28.2. The van der Waals surface area contributed by atoms with Gasteiger partial charge in [0, 0.05) is 59.8 Å². The molecule has 1 aliphatic carbocycles. The molecule has 42 heavy (non-hydrogen) atoms. The van der Waals surface area contributed by atoms with Crippen LogP contribution >= 0.6 is 11.6 Å². The Morgan fingerprint density at radius 1 is 1.02 bits per heavy atom. The molecule has 0 unspecified atom stereocenters. The summed E-state index contributed by atoms with van der Waals surface area (Å²) in [6, 6.07) is 18.1. The Morgan fingerprint density at radius 3 is 2.38 bits per heavy atom. The molecule has 0 radical (unpaired) electrons. The summed E-state index contributed by atoms with van der Waals surface area (Å²) in [6.45, 7) is 6.51. The zero-order valence-corrected chi connectivity index (χ0v) is 24.6. The van der Waals surface area contributed by atoms with Crippen molar-refractivity contribution in [3.05, 3.63) is 88.6 Å². The van der Waals surface area contributed by atoms with Crippen LogP contribution in [0.1, 0.15) is 52.5 Å². The van der Waals surface area contributed by atoms with Crippen LogP contribution in [0.4, 0.5) is 0 Å². The number of aryl methyl sites for hydroxylation is 1. The maximum atomic E-state index is 13.0. The number of nitrogens with zero attached hydrogens (tertiary/aromatic N) is 3. The minimum Gasteiger partial charge on any atom is -0.457 e. The predicted molar refractivity (Wildman–Crippen MR) is 162 cm³/mol. The molecule has 0 spiro atoms. The van der Waals surface area contributed by atoms with Crippen LogP contribution in [0.2, 0.25) is 5.02 Å². The Kier molecular flexibility index (Phi) is 8.18. The van der Waals surface area contributed by atoms with Crippen molar-refractivity contribution in [1.82, 2.24) is 20.0 Å². The van der Waals surface area contributed by atoms with Gasteiger partial charge in [-0.25, -0.2) is 0 Å². The van der Waals surface area contributed by atoms with Crippen LogP contribution in [0.5, 0.6) is 11.5 Å². The molecule has 2 heterocycles. The smallest absolute Gasteiger partial charge is 0.253 e. The van der Waals surface area contributed by atoms with Crippen LogP contribution in [-0.4, -0.2) is 58.3 Å². The number of ether oxygens (including phenoxy) is 2. The van der Waals surface area contributed by atoms with Gasteiger partial charge in [-0.3, -0.25) is 14.3 Å². The fourth-order valence-electron chi connectivity index (χ4n) is 5.44. The van der Waals surface area contributed by atoms with E-state index in [4.69, 9.17) is 26.2 Å². The van der Waals surface area contributed by atoms with E-state index < -0.39 is 0 Å². The molecule has 8 nitrogen and oxygen atoms in total. The third-order valence-corrected chi connectivity index (χ3v) is 8.37. The molecule has 1 saturated carbocycles. The third-order valence-electron chi connectivity index (χ3n) is 8.12. The van der Waals surface area contributed by atoms with Gasteiger partial charge in [-0.05, 0) is 99.3 Å². The summed E-state index contributed by atoms with van der Waals surface area (Å²) in [5, 5.41) is 9.37. The van der Waals surface area contributed by atoms with Gasteiger partial charge in [-0.15, -0.1) is 0 Å². The fraction of sp³-hybridized carbons (Fsp3) is 0.364. The molecule has 1 N–H and O–H groups in total. The van der Waals surface area contributed by atoms with Gasteiger partial charge >= 0.3 is 0 Å². The molecule has 218 valence electrons. The molecule has 0 bridgehead atoms. The van der Waals surface area contributed by atoms with Crippen LogP contribution in [0.15, 0.2) is 66.9 Å². The lowest BCUT2D eigenvalue weighted by Crippen LogP contribution is -2.51. The zero-order valence-electron chi connectivity index (χ0n) is 23.9. The second-order valence-electron chi connectivity index (χ2n) is 11.4. The Hall–Kier alpha value is -3.88. The number of amides is 2. The van der Waals surface area contributed by atoms with E-state index in [1.807, 2.05) is 41.8 Å². The first-order valence-electron chi connectivity index (χ1n) is 14.6. The molecule has 2 aliphatic rings. The van der Waals surface area contributed by atoms with Crippen LogP contribution < -0.4 is 10.1 Å². The van der Waals surface area contributed by atoms with E-state index in [0.717, 1.165) is 29.3 Å². The topological polar surface area (TPSA) is 85.7 Å². The number of aromatic nitrogens is 2. The second kappa shape index (κ2) is 12.2. The van der Waals surface area contributed by atoms with Crippen LogP contribution in [0.25, 0.3) is 10.9 Å². The summed E-state index contributed by atoms with van der Waals surface area (Å²) < 4.78 is 13.7. The molecule has 1 aliphatic heterocycles. The molecular formula is C33H35ClN4O4. The highest BCUT2D eigenvalue weighted by atomic mass is 35.5. The number of hydrogen-bond acceptors (Lipinski definition) is 5. The summed E-state index contributed by atoms with van der Waals surface area (Å²) in [6.07, 6.45) is 5.80. The van der Waals surface area contributed by atoms with Crippen molar-refractivity contribution in [3.8, 4) is 11.5 Å². The van der Waals surface area contributed by atoms with Crippen molar-refractivity contribution in [1.29, 1.82) is 0 Å². The van der Waals surface area contributed by atoms with E-state index >= 15 is 0 Å². The highest BCUT2D eigenvalue weighted by Crippen LogP contribution is 2.27. The number of hydrogen-bond donors (Lipinski definition) is 1. The largest absolute Gasteiger partial charge is 0.457 e. The number of fused-ring (bicyclic) bond motifs is 1. The number of benzene rings is 3. The first-order chi connectivity index (χ1) is 20.3. The Balaban J connectivity index is 1.00. The molecule has 6 rings (SSSR count). The lowest BCUT2D eigenvalue weighted by atomic mass is 9.96. The summed E-state index contributed by atoms with van der Waals surface area (Å²) >= 11 is 5.93. The van der Waals surface area contributed by atoms with Gasteiger partial charge in [0.1, 0.15) is 11.5 Å². The fourth-order valence-corrected chi connectivity index (χ4v) is 5.56. The van der Waals surface area contributed by atoms with E-state index in [0.29, 0.717) is 65.8 Å². The van der Waals surface area contributed by atoms with Crippen molar-refractivity contribution in [2.24, 2.45) is 5.92 Å². The molecule has 3 aromatic carbocycles. The number of carbonyl (C=O) groups excluding carboxylic acids is 2. The van der Waals surface area contributed by atoms with E-state index in [1.54, 1.807) is 48.5 Å². The quantitative estimate of drug-likeness (QED) is 0.237. The Labute approximate surface area is 250 Å². The van der Waals surface area contributed by atoms with Crippen LogP contribution in [0.3, 0.4) is 0 Å². The average Bonchev–Trinajstić information content (AvgIpc) is 3.36. The van der Waals surface area contributed by atoms with Crippen molar-refractivity contribution < 1.29 is 19.1 Å². The number of rotatable bonds is 10. The third kappa shape index (κ3) is 6.30. The first-order valence-corrected chi connectivity index (χ1v) is 14.9. The number of carbonyl (C=O) groups is 2. The Bertz CT molecular complexity index is 1570. The number of likely N-dealkylation sites (tertiary alicyclic amines) is 1. The van der Waals surface area contributed by atoms with Gasteiger partial charge in [-0.1, -0.05) is 11.6 Å². The standard InChI is InChI=1S/C33H35ClN4O4/c1-21(41-26-4-3-5-26)16-35-32(39)29-14-15-31-30(22(29)2)20-38(36-31)19-23-17-37(18-23)33(40)24-6-10-27(11-7-24)42-28-12-8-25(34)9-13-28/h6-15,20-21,23,26H,3-5,16-19H2,1-2H3,(H,35,39)/t21-/m0/s1. The average molecular weight is 587 g/mol. The van der Waals surface area contributed by atoms with Crippen molar-refractivity contribution in [2.45, 2.75) is 51.9 Å². The normalized spacial score (nSPS) is 16.1. The van der Waals surface area contributed by atoms with Gasteiger partial charge in [0.2, 0.25) is 0 Å². The second-order valence-corrected chi connectivity index (χ2v) is 11.8. The summed E-state index contributed by atoms with van der Waals surface area (Å²) in [4.78, 5) is 27.7. The predicted octanol–water partition coefficient (Wildman–Crippen LogP) is 6.25. The van der Waals surface area contributed by atoms with Gasteiger partial charge in [0.05, 0.1) is 17.7 Å². The molecule has 1 atom stereocenters. The van der Waals surface area contributed by atoms with Crippen molar-refractivity contribution in [2.75, 3.05) is 19.6 Å². The number of nitrogens with one attached hydrogen (secondary N) is 1. The van der Waals surface area contributed by atoms with Crippen molar-refractivity contribution in [3.63, 3.8) is 0 Å². The SMILES string of the molecule is Cc1c(C(=O)NC[C@H](C)OC2CCC2)ccc2nn(CC3CN(C(=O)c4ccc(Oc5ccc(Cl)cc5)cc4)C3)cc12. The maximum absolute atomic E-state index is 13.0. The zero-order chi connectivity index (χ0) is 29.2. The minimum atomic E-state index is -0.0936. The molecule has 2 fully saturated rings. The van der Waals surface area contributed by atoms with E-state index in [-0.39, 0.29) is 17.9 Å². The highest BCUT2D eigenvalue weighted by Gasteiger charge is 2.32. The molecule has 4 aromatic rings. The van der Waals surface area contributed by atoms with Gasteiger partial charge < -0.3 is 19.7 Å². The van der Waals surface area contributed by atoms with E-state index in [9.17, 15) is 9.59 Å². The molecule has 1 saturated heterocycles. The summed E-state index contributed by atoms with van der Waals surface area (Å²) in [5.74, 6) is 1.57. The monoisotopic (exact) mass is 586 g/mol. The Morgan fingerprint density at radius 2 is 1.71 bits per heavy atom. The minimum absolute atomic E-state index is 0.00606. The van der Waals surface area contributed by atoms with E-state index in [2.05, 4.69) is 5.32 Å². The van der Waals surface area contributed by atoms with Crippen LogP contribution in [-0.2, 0) is 11.3 Å². The summed E-state index contributed by atoms with van der Waals surface area (Å²) in [7, 11) is 0. The lowest BCUT2D eigenvalue weighted by molar-refractivity contribution is -0.0412. The number of halogens is 1. The lowest BCUT2D eigenvalue weighted by Gasteiger charge is -2.39.